The molecule has 17 heavy (non-hydrogen) atoms. The van der Waals surface area contributed by atoms with Gasteiger partial charge in [-0.15, -0.1) is 0 Å². The number of para-hydroxylation sites is 1. The lowest BCUT2D eigenvalue weighted by molar-refractivity contribution is 0.0269. The average Bonchev–Trinajstić information content (AvgIpc) is 2.38. The van der Waals surface area contributed by atoms with Gasteiger partial charge in [-0.05, 0) is 12.5 Å². The first-order valence-electron chi connectivity index (χ1n) is 5.67. The molecule has 0 radical (unpaired) electrons. The summed E-state index contributed by atoms with van der Waals surface area (Å²) in [5, 5.41) is 9.95. The van der Waals surface area contributed by atoms with Gasteiger partial charge in [-0.3, -0.25) is 0 Å². The Balaban J connectivity index is 2.38. The molecule has 0 aromatic heterocycles. The molecule has 0 spiro atoms. The van der Waals surface area contributed by atoms with E-state index in [2.05, 4.69) is 0 Å². The van der Waals surface area contributed by atoms with E-state index in [4.69, 9.17) is 14.2 Å². The maximum atomic E-state index is 9.95. The van der Waals surface area contributed by atoms with E-state index in [1.54, 1.807) is 14.2 Å². The van der Waals surface area contributed by atoms with Crippen LogP contribution in [0.15, 0.2) is 24.3 Å². The quantitative estimate of drug-likeness (QED) is 0.704. The van der Waals surface area contributed by atoms with Crippen LogP contribution >= 0.6 is 0 Å². The molecule has 1 aromatic carbocycles. The Bertz CT molecular complexity index is 314. The van der Waals surface area contributed by atoms with Gasteiger partial charge in [0, 0.05) is 25.9 Å². The number of hydrogen-bond donors (Lipinski definition) is 1. The molecular formula is C13H20O4. The van der Waals surface area contributed by atoms with Gasteiger partial charge in [0.2, 0.25) is 0 Å². The van der Waals surface area contributed by atoms with Gasteiger partial charge < -0.3 is 19.3 Å². The molecule has 0 fully saturated rings. The van der Waals surface area contributed by atoms with E-state index >= 15 is 0 Å². The highest BCUT2D eigenvalue weighted by atomic mass is 16.5. The lowest BCUT2D eigenvalue weighted by Gasteiger charge is -2.14. The number of ether oxygens (including phenoxy) is 3. The van der Waals surface area contributed by atoms with Gasteiger partial charge in [-0.1, -0.05) is 18.2 Å². The standard InChI is InChI=1S/C13H20O4/c1-15-8-5-9-17-10-12(14)11-6-3-4-7-13(11)16-2/h3-4,6-7,12,14H,5,8-10H2,1-2H3. The summed E-state index contributed by atoms with van der Waals surface area (Å²) in [6, 6.07) is 7.39. The molecule has 96 valence electrons. The molecule has 1 N–H and O–H groups in total. The Kier molecular flexibility index (Phi) is 6.62. The number of aliphatic hydroxyl groups is 1. The first-order chi connectivity index (χ1) is 8.29. The third kappa shape index (κ3) is 4.73. The predicted molar refractivity (Wildman–Crippen MR) is 65.3 cm³/mol. The minimum Gasteiger partial charge on any atom is -0.496 e. The first-order valence-corrected chi connectivity index (χ1v) is 5.67. The Morgan fingerprint density at radius 3 is 2.65 bits per heavy atom. The molecule has 0 heterocycles. The second kappa shape index (κ2) is 8.06. The maximum Gasteiger partial charge on any atom is 0.124 e. The van der Waals surface area contributed by atoms with Crippen molar-refractivity contribution in [2.24, 2.45) is 0 Å². The second-order valence-corrected chi connectivity index (χ2v) is 3.68. The maximum absolute atomic E-state index is 9.95. The van der Waals surface area contributed by atoms with Gasteiger partial charge in [-0.25, -0.2) is 0 Å². The summed E-state index contributed by atoms with van der Waals surface area (Å²) in [6.07, 6.45) is 0.170. The largest absolute Gasteiger partial charge is 0.496 e. The van der Waals surface area contributed by atoms with E-state index in [9.17, 15) is 5.11 Å². The van der Waals surface area contributed by atoms with Crippen LogP contribution in [0.5, 0.6) is 5.75 Å². The number of methoxy groups -OCH3 is 2. The fourth-order valence-corrected chi connectivity index (χ4v) is 1.53. The minimum atomic E-state index is -0.659. The zero-order valence-corrected chi connectivity index (χ0v) is 10.4. The number of rotatable bonds is 8. The average molecular weight is 240 g/mol. The zero-order chi connectivity index (χ0) is 12.5. The molecule has 4 heteroatoms. The summed E-state index contributed by atoms with van der Waals surface area (Å²) in [5.41, 5.74) is 0.752. The van der Waals surface area contributed by atoms with Gasteiger partial charge in [0.25, 0.3) is 0 Å². The smallest absolute Gasteiger partial charge is 0.124 e. The molecule has 0 amide bonds. The molecule has 0 bridgehead atoms. The summed E-state index contributed by atoms with van der Waals surface area (Å²) in [5.74, 6) is 0.681. The van der Waals surface area contributed by atoms with Crippen LogP contribution in [0.2, 0.25) is 0 Å². The summed E-state index contributed by atoms with van der Waals surface area (Å²) in [6.45, 7) is 1.52. The van der Waals surface area contributed by atoms with Crippen molar-refractivity contribution in [3.05, 3.63) is 29.8 Å². The molecular weight excluding hydrogens is 220 g/mol. The molecule has 0 aliphatic heterocycles. The third-order valence-electron chi connectivity index (χ3n) is 2.41. The highest BCUT2D eigenvalue weighted by molar-refractivity contribution is 5.34. The van der Waals surface area contributed by atoms with Gasteiger partial charge in [0.15, 0.2) is 0 Å². The normalized spacial score (nSPS) is 12.4. The highest BCUT2D eigenvalue weighted by Crippen LogP contribution is 2.24. The Morgan fingerprint density at radius 1 is 1.18 bits per heavy atom. The lowest BCUT2D eigenvalue weighted by Crippen LogP contribution is -2.10. The van der Waals surface area contributed by atoms with Crippen molar-refractivity contribution >= 4 is 0 Å². The van der Waals surface area contributed by atoms with Crippen LogP contribution in [0.25, 0.3) is 0 Å². The lowest BCUT2D eigenvalue weighted by atomic mass is 10.1. The van der Waals surface area contributed by atoms with Crippen LogP contribution in [0.1, 0.15) is 18.1 Å². The van der Waals surface area contributed by atoms with Gasteiger partial charge >= 0.3 is 0 Å². The summed E-state index contributed by atoms with van der Waals surface area (Å²) < 4.78 is 15.4. The van der Waals surface area contributed by atoms with E-state index in [-0.39, 0.29) is 6.61 Å². The molecule has 0 saturated heterocycles. The van der Waals surface area contributed by atoms with Crippen LogP contribution < -0.4 is 4.74 Å². The topological polar surface area (TPSA) is 47.9 Å². The van der Waals surface area contributed by atoms with Crippen LogP contribution in [-0.4, -0.2) is 39.1 Å². The van der Waals surface area contributed by atoms with E-state index < -0.39 is 6.10 Å². The second-order valence-electron chi connectivity index (χ2n) is 3.68. The highest BCUT2D eigenvalue weighted by Gasteiger charge is 2.12. The fourth-order valence-electron chi connectivity index (χ4n) is 1.53. The van der Waals surface area contributed by atoms with Crippen LogP contribution in [-0.2, 0) is 9.47 Å². The van der Waals surface area contributed by atoms with Crippen molar-refractivity contribution < 1.29 is 19.3 Å². The third-order valence-corrected chi connectivity index (χ3v) is 2.41. The molecule has 1 aromatic rings. The number of hydrogen-bond acceptors (Lipinski definition) is 4. The van der Waals surface area contributed by atoms with Crippen LogP contribution in [0.4, 0.5) is 0 Å². The summed E-state index contributed by atoms with van der Waals surface area (Å²) >= 11 is 0. The molecule has 1 rings (SSSR count). The molecule has 1 unspecified atom stereocenters. The number of aliphatic hydroxyl groups excluding tert-OH is 1. The van der Waals surface area contributed by atoms with E-state index in [0.29, 0.717) is 19.0 Å². The van der Waals surface area contributed by atoms with E-state index in [0.717, 1.165) is 12.0 Å². The number of benzene rings is 1. The molecule has 4 nitrogen and oxygen atoms in total. The van der Waals surface area contributed by atoms with E-state index in [1.165, 1.54) is 0 Å². The Morgan fingerprint density at radius 2 is 1.94 bits per heavy atom. The van der Waals surface area contributed by atoms with Crippen molar-refractivity contribution in [3.63, 3.8) is 0 Å². The fraction of sp³-hybridized carbons (Fsp3) is 0.538. The molecule has 1 atom stereocenters. The first kappa shape index (κ1) is 14.0. The van der Waals surface area contributed by atoms with Crippen molar-refractivity contribution in [1.29, 1.82) is 0 Å². The zero-order valence-electron chi connectivity index (χ0n) is 10.4. The van der Waals surface area contributed by atoms with Gasteiger partial charge in [-0.2, -0.15) is 0 Å². The monoisotopic (exact) mass is 240 g/mol. The van der Waals surface area contributed by atoms with Crippen molar-refractivity contribution in [2.75, 3.05) is 34.0 Å². The molecule has 0 aliphatic rings. The van der Waals surface area contributed by atoms with Gasteiger partial charge in [0.1, 0.15) is 11.9 Å². The van der Waals surface area contributed by atoms with E-state index in [1.807, 2.05) is 24.3 Å². The summed E-state index contributed by atoms with van der Waals surface area (Å²) in [4.78, 5) is 0. The summed E-state index contributed by atoms with van der Waals surface area (Å²) in [7, 11) is 3.24. The van der Waals surface area contributed by atoms with Crippen LogP contribution in [0, 0.1) is 0 Å². The Labute approximate surface area is 102 Å². The van der Waals surface area contributed by atoms with Crippen molar-refractivity contribution in [1.82, 2.24) is 0 Å². The minimum absolute atomic E-state index is 0.268. The van der Waals surface area contributed by atoms with Crippen molar-refractivity contribution in [3.8, 4) is 5.75 Å². The SMILES string of the molecule is COCCCOCC(O)c1ccccc1OC. The predicted octanol–water partition coefficient (Wildman–Crippen LogP) is 1.78. The molecule has 0 aliphatic carbocycles. The van der Waals surface area contributed by atoms with Gasteiger partial charge in [0.05, 0.1) is 13.7 Å². The molecule has 0 saturated carbocycles. The van der Waals surface area contributed by atoms with Crippen LogP contribution in [0.3, 0.4) is 0 Å². The Hall–Kier alpha value is -1.10. The van der Waals surface area contributed by atoms with Crippen molar-refractivity contribution in [2.45, 2.75) is 12.5 Å².